The molecule has 0 aliphatic heterocycles. The number of nitro benzene ring substituents is 1. The number of carbonyl (C=O) groups excluding carboxylic acids is 2. The van der Waals surface area contributed by atoms with Crippen molar-refractivity contribution in [2.75, 3.05) is 0 Å². The van der Waals surface area contributed by atoms with Crippen molar-refractivity contribution < 1.29 is 24.0 Å². The molecule has 154 valence electrons. The molecule has 2 aromatic carbocycles. The Kier molecular flexibility index (Phi) is 7.13. The average molecular weight is 401 g/mol. The number of carbonyl (C=O) groups is 2. The number of nitrogens with one attached hydrogen (secondary N) is 2. The van der Waals surface area contributed by atoms with Gasteiger partial charge in [-0.25, -0.2) is 9.59 Å². The third kappa shape index (κ3) is 7.49. The van der Waals surface area contributed by atoms with Crippen LogP contribution in [0.3, 0.4) is 0 Å². The zero-order valence-electron chi connectivity index (χ0n) is 16.4. The molecule has 0 spiro atoms. The molecule has 0 bridgehead atoms. The second kappa shape index (κ2) is 9.54. The molecule has 2 amide bonds. The minimum atomic E-state index is -0.700. The number of hydrogen-bond acceptors (Lipinski definition) is 6. The number of nitrogens with zero attached hydrogens (tertiary/aromatic N) is 1. The van der Waals surface area contributed by atoms with Crippen molar-refractivity contribution in [3.8, 4) is 5.75 Å². The largest absolute Gasteiger partial charge is 0.444 e. The van der Waals surface area contributed by atoms with Gasteiger partial charge >= 0.3 is 12.2 Å². The molecular weight excluding hydrogens is 378 g/mol. The lowest BCUT2D eigenvalue weighted by Crippen LogP contribution is -2.32. The van der Waals surface area contributed by atoms with Crippen LogP contribution in [-0.2, 0) is 17.8 Å². The molecule has 2 rings (SSSR count). The molecule has 0 atom stereocenters. The monoisotopic (exact) mass is 401 g/mol. The van der Waals surface area contributed by atoms with Gasteiger partial charge in [-0.2, -0.15) is 0 Å². The zero-order chi connectivity index (χ0) is 21.4. The quantitative estimate of drug-likeness (QED) is 0.559. The van der Waals surface area contributed by atoms with Gasteiger partial charge in [-0.1, -0.05) is 24.3 Å². The van der Waals surface area contributed by atoms with Crippen LogP contribution in [-0.4, -0.2) is 22.7 Å². The summed E-state index contributed by atoms with van der Waals surface area (Å²) in [5.74, 6) is 0.188. The highest BCUT2D eigenvalue weighted by Gasteiger charge is 2.16. The Hall–Kier alpha value is -3.62. The van der Waals surface area contributed by atoms with E-state index in [4.69, 9.17) is 9.47 Å². The van der Waals surface area contributed by atoms with E-state index < -0.39 is 22.7 Å². The van der Waals surface area contributed by atoms with Crippen LogP contribution in [0, 0.1) is 10.1 Å². The Morgan fingerprint density at radius 2 is 1.45 bits per heavy atom. The predicted molar refractivity (Wildman–Crippen MR) is 105 cm³/mol. The van der Waals surface area contributed by atoms with Gasteiger partial charge in [0.25, 0.3) is 5.69 Å². The van der Waals surface area contributed by atoms with Gasteiger partial charge in [-0.05, 0) is 44.0 Å². The van der Waals surface area contributed by atoms with Gasteiger partial charge in [0.15, 0.2) is 0 Å². The third-order valence-corrected chi connectivity index (χ3v) is 3.62. The van der Waals surface area contributed by atoms with E-state index in [1.165, 1.54) is 24.3 Å². The molecule has 0 heterocycles. The first kappa shape index (κ1) is 21.7. The number of alkyl carbamates (subject to hydrolysis) is 1. The van der Waals surface area contributed by atoms with Crippen LogP contribution in [0.5, 0.6) is 5.75 Å². The average Bonchev–Trinajstić information content (AvgIpc) is 2.64. The lowest BCUT2D eigenvalue weighted by atomic mass is 10.1. The highest BCUT2D eigenvalue weighted by atomic mass is 16.6. The number of nitro groups is 1. The topological polar surface area (TPSA) is 120 Å². The lowest BCUT2D eigenvalue weighted by Gasteiger charge is -2.20. The summed E-state index contributed by atoms with van der Waals surface area (Å²) in [6.45, 7) is 5.76. The van der Waals surface area contributed by atoms with Crippen LogP contribution in [0.4, 0.5) is 15.3 Å². The maximum absolute atomic E-state index is 12.0. The van der Waals surface area contributed by atoms with E-state index in [-0.39, 0.29) is 24.5 Å². The minimum Gasteiger partial charge on any atom is -0.444 e. The fourth-order valence-electron chi connectivity index (χ4n) is 2.33. The summed E-state index contributed by atoms with van der Waals surface area (Å²) in [4.78, 5) is 33.9. The maximum atomic E-state index is 12.0. The predicted octanol–water partition coefficient (Wildman–Crippen LogP) is 3.91. The Balaban J connectivity index is 1.89. The fourth-order valence-corrected chi connectivity index (χ4v) is 2.33. The first-order chi connectivity index (χ1) is 13.6. The highest BCUT2D eigenvalue weighted by Crippen LogP contribution is 2.17. The zero-order valence-corrected chi connectivity index (χ0v) is 16.4. The van der Waals surface area contributed by atoms with Gasteiger partial charge in [0.2, 0.25) is 0 Å². The van der Waals surface area contributed by atoms with Crippen molar-refractivity contribution in [3.63, 3.8) is 0 Å². The number of non-ortho nitro benzene ring substituents is 1. The minimum absolute atomic E-state index is 0.0934. The normalized spacial score (nSPS) is 10.7. The molecule has 29 heavy (non-hydrogen) atoms. The smallest absolute Gasteiger partial charge is 0.412 e. The molecule has 0 fully saturated rings. The van der Waals surface area contributed by atoms with E-state index in [9.17, 15) is 19.7 Å². The second-order valence-corrected chi connectivity index (χ2v) is 7.12. The Labute approximate surface area is 168 Å². The second-order valence-electron chi connectivity index (χ2n) is 7.12. The standard InChI is InChI=1S/C20H23N3O6/c1-20(2,3)29-19(25)22-13-15-7-5-4-6-14(15)12-21-18(24)28-17-10-8-16(9-11-17)23(26)27/h4-11H,12-13H2,1-3H3,(H,21,24)(H,22,25). The van der Waals surface area contributed by atoms with Crippen LogP contribution in [0.1, 0.15) is 31.9 Å². The Morgan fingerprint density at radius 3 is 1.93 bits per heavy atom. The number of hydrogen-bond donors (Lipinski definition) is 2. The Bertz CT molecular complexity index is 875. The summed E-state index contributed by atoms with van der Waals surface area (Å²) in [6, 6.07) is 12.5. The summed E-state index contributed by atoms with van der Waals surface area (Å²) in [5, 5.41) is 15.9. The van der Waals surface area contributed by atoms with E-state index in [1.807, 2.05) is 24.3 Å². The van der Waals surface area contributed by atoms with E-state index in [1.54, 1.807) is 20.8 Å². The molecule has 0 unspecified atom stereocenters. The van der Waals surface area contributed by atoms with Crippen molar-refractivity contribution in [3.05, 3.63) is 69.8 Å². The van der Waals surface area contributed by atoms with Crippen molar-refractivity contribution in [2.45, 2.75) is 39.5 Å². The lowest BCUT2D eigenvalue weighted by molar-refractivity contribution is -0.384. The van der Waals surface area contributed by atoms with Crippen LogP contribution in [0.2, 0.25) is 0 Å². The van der Waals surface area contributed by atoms with Crippen molar-refractivity contribution in [1.82, 2.24) is 10.6 Å². The van der Waals surface area contributed by atoms with Gasteiger partial charge in [-0.15, -0.1) is 0 Å². The third-order valence-electron chi connectivity index (χ3n) is 3.62. The van der Waals surface area contributed by atoms with Gasteiger partial charge < -0.3 is 20.1 Å². The van der Waals surface area contributed by atoms with Gasteiger partial charge in [-0.3, -0.25) is 10.1 Å². The molecule has 0 saturated heterocycles. The van der Waals surface area contributed by atoms with Crippen LogP contribution in [0.25, 0.3) is 0 Å². The first-order valence-corrected chi connectivity index (χ1v) is 8.88. The number of amides is 2. The van der Waals surface area contributed by atoms with Crippen LogP contribution in [0.15, 0.2) is 48.5 Å². The van der Waals surface area contributed by atoms with Gasteiger partial charge in [0.1, 0.15) is 11.4 Å². The molecule has 0 aliphatic carbocycles. The molecule has 9 nitrogen and oxygen atoms in total. The van der Waals surface area contributed by atoms with E-state index in [0.717, 1.165) is 11.1 Å². The van der Waals surface area contributed by atoms with Gasteiger partial charge in [0.05, 0.1) is 4.92 Å². The molecule has 0 saturated carbocycles. The molecule has 0 radical (unpaired) electrons. The Morgan fingerprint density at radius 1 is 0.931 bits per heavy atom. The molecule has 2 aromatic rings. The van der Waals surface area contributed by atoms with E-state index in [2.05, 4.69) is 10.6 Å². The summed E-state index contributed by atoms with van der Waals surface area (Å²) < 4.78 is 10.3. The molecule has 0 aliphatic rings. The SMILES string of the molecule is CC(C)(C)OC(=O)NCc1ccccc1CNC(=O)Oc1ccc([N+](=O)[O-])cc1. The first-order valence-electron chi connectivity index (χ1n) is 8.88. The highest BCUT2D eigenvalue weighted by molar-refractivity contribution is 5.70. The van der Waals surface area contributed by atoms with E-state index >= 15 is 0 Å². The van der Waals surface area contributed by atoms with Crippen molar-refractivity contribution in [1.29, 1.82) is 0 Å². The molecule has 2 N–H and O–H groups in total. The van der Waals surface area contributed by atoms with E-state index in [0.29, 0.717) is 0 Å². The summed E-state index contributed by atoms with van der Waals surface area (Å²) >= 11 is 0. The number of rotatable bonds is 6. The number of ether oxygens (including phenoxy) is 2. The molecule has 0 aromatic heterocycles. The van der Waals surface area contributed by atoms with Crippen molar-refractivity contribution >= 4 is 17.9 Å². The molecular formula is C20H23N3O6. The summed E-state index contributed by atoms with van der Waals surface area (Å²) in [7, 11) is 0. The fraction of sp³-hybridized carbons (Fsp3) is 0.300. The van der Waals surface area contributed by atoms with Crippen LogP contribution < -0.4 is 15.4 Å². The maximum Gasteiger partial charge on any atom is 0.412 e. The number of benzene rings is 2. The van der Waals surface area contributed by atoms with Gasteiger partial charge in [0, 0.05) is 25.2 Å². The molecule has 9 heteroatoms. The van der Waals surface area contributed by atoms with Crippen molar-refractivity contribution in [2.24, 2.45) is 0 Å². The van der Waals surface area contributed by atoms with Crippen LogP contribution >= 0.6 is 0 Å². The summed E-state index contributed by atoms with van der Waals surface area (Å²) in [6.07, 6.45) is -1.23. The summed E-state index contributed by atoms with van der Waals surface area (Å²) in [5.41, 5.74) is 0.926.